The molecule has 7 heteroatoms. The zero-order chi connectivity index (χ0) is 13.1. The molecule has 0 bridgehead atoms. The van der Waals surface area contributed by atoms with Gasteiger partial charge in [0.25, 0.3) is 0 Å². The molecule has 0 spiro atoms. The number of amides is 1. The summed E-state index contributed by atoms with van der Waals surface area (Å²) >= 11 is 1.05. The Morgan fingerprint density at radius 2 is 2.24 bits per heavy atom. The minimum atomic E-state index is -1.07. The first-order chi connectivity index (χ1) is 7.86. The molecule has 0 aromatic carbocycles. The van der Waals surface area contributed by atoms with E-state index in [1.807, 2.05) is 0 Å². The summed E-state index contributed by atoms with van der Waals surface area (Å²) in [6.07, 6.45) is 1.36. The standard InChI is InChI=1S/C10H15N3O3S/c1-6(2)10(3,9(15)16)4-7(14)12-8-5-11-13-17-8/h5-6H,4H2,1-3H3,(H,12,14)(H,15,16). The van der Waals surface area contributed by atoms with Crippen molar-refractivity contribution in [3.63, 3.8) is 0 Å². The second-order valence-electron chi connectivity index (χ2n) is 4.38. The molecule has 1 unspecified atom stereocenters. The number of carbonyl (C=O) groups excluding carboxylic acids is 1. The summed E-state index contributed by atoms with van der Waals surface area (Å²) in [6.45, 7) is 5.15. The van der Waals surface area contributed by atoms with Crippen LogP contribution in [0.1, 0.15) is 27.2 Å². The smallest absolute Gasteiger partial charge is 0.310 e. The Kier molecular flexibility index (Phi) is 4.17. The summed E-state index contributed by atoms with van der Waals surface area (Å²) in [4.78, 5) is 22.9. The third-order valence-electron chi connectivity index (χ3n) is 2.91. The summed E-state index contributed by atoms with van der Waals surface area (Å²) in [5.74, 6) is -1.44. The second-order valence-corrected chi connectivity index (χ2v) is 5.17. The molecule has 2 N–H and O–H groups in total. The van der Waals surface area contributed by atoms with E-state index in [1.54, 1.807) is 20.8 Å². The Balaban J connectivity index is 2.69. The third-order valence-corrected chi connectivity index (χ3v) is 3.49. The molecule has 0 saturated heterocycles. The van der Waals surface area contributed by atoms with Crippen LogP contribution in [0.15, 0.2) is 6.20 Å². The Hall–Kier alpha value is -1.50. The molecule has 1 amide bonds. The van der Waals surface area contributed by atoms with Gasteiger partial charge in [-0.25, -0.2) is 0 Å². The fraction of sp³-hybridized carbons (Fsp3) is 0.600. The van der Waals surface area contributed by atoms with Gasteiger partial charge in [-0.2, -0.15) is 0 Å². The molecule has 1 aromatic rings. The van der Waals surface area contributed by atoms with Crippen molar-refractivity contribution >= 4 is 28.4 Å². The van der Waals surface area contributed by atoms with Gasteiger partial charge >= 0.3 is 5.97 Å². The highest BCUT2D eigenvalue weighted by atomic mass is 32.1. The molecule has 1 aromatic heterocycles. The van der Waals surface area contributed by atoms with Crippen molar-refractivity contribution in [2.45, 2.75) is 27.2 Å². The number of hydrogen-bond donors (Lipinski definition) is 2. The molecule has 94 valence electrons. The van der Waals surface area contributed by atoms with Crippen LogP contribution in [-0.4, -0.2) is 26.6 Å². The largest absolute Gasteiger partial charge is 0.481 e. The average Bonchev–Trinajstić information content (AvgIpc) is 2.69. The molecule has 1 heterocycles. The highest BCUT2D eigenvalue weighted by molar-refractivity contribution is 7.10. The zero-order valence-electron chi connectivity index (χ0n) is 9.93. The predicted octanol–water partition coefficient (Wildman–Crippen LogP) is 1.61. The lowest BCUT2D eigenvalue weighted by Crippen LogP contribution is -2.37. The minimum Gasteiger partial charge on any atom is -0.481 e. The van der Waals surface area contributed by atoms with Crippen molar-refractivity contribution in [1.82, 2.24) is 9.59 Å². The lowest BCUT2D eigenvalue weighted by molar-refractivity contribution is -0.153. The van der Waals surface area contributed by atoms with Gasteiger partial charge in [-0.15, -0.1) is 5.10 Å². The van der Waals surface area contributed by atoms with Crippen molar-refractivity contribution in [2.24, 2.45) is 11.3 Å². The summed E-state index contributed by atoms with van der Waals surface area (Å²) in [7, 11) is 0. The number of aromatic nitrogens is 2. The number of carboxylic acid groups (broad SMARTS) is 1. The summed E-state index contributed by atoms with van der Waals surface area (Å²) in [6, 6.07) is 0. The lowest BCUT2D eigenvalue weighted by Gasteiger charge is -2.28. The van der Waals surface area contributed by atoms with Crippen molar-refractivity contribution < 1.29 is 14.7 Å². The van der Waals surface area contributed by atoms with Crippen molar-refractivity contribution in [3.05, 3.63) is 6.20 Å². The highest BCUT2D eigenvalue weighted by Crippen LogP contribution is 2.31. The van der Waals surface area contributed by atoms with Crippen molar-refractivity contribution in [1.29, 1.82) is 0 Å². The highest BCUT2D eigenvalue weighted by Gasteiger charge is 2.38. The monoisotopic (exact) mass is 257 g/mol. The molecule has 1 atom stereocenters. The van der Waals surface area contributed by atoms with Crippen molar-refractivity contribution in [3.8, 4) is 0 Å². The predicted molar refractivity (Wildman–Crippen MR) is 63.7 cm³/mol. The van der Waals surface area contributed by atoms with Gasteiger partial charge in [0.2, 0.25) is 5.91 Å². The number of aliphatic carboxylic acids is 1. The maximum absolute atomic E-state index is 11.7. The number of nitrogens with zero attached hydrogens (tertiary/aromatic N) is 2. The van der Waals surface area contributed by atoms with E-state index in [-0.39, 0.29) is 18.2 Å². The van der Waals surface area contributed by atoms with Gasteiger partial charge in [-0.1, -0.05) is 18.3 Å². The second kappa shape index (κ2) is 5.22. The maximum atomic E-state index is 11.7. The lowest BCUT2D eigenvalue weighted by atomic mass is 9.76. The number of rotatable bonds is 5. The molecule has 6 nitrogen and oxygen atoms in total. The van der Waals surface area contributed by atoms with Gasteiger partial charge in [0.15, 0.2) is 0 Å². The fourth-order valence-corrected chi connectivity index (χ4v) is 1.70. The van der Waals surface area contributed by atoms with E-state index in [0.29, 0.717) is 5.00 Å². The number of anilines is 1. The summed E-state index contributed by atoms with van der Waals surface area (Å²) in [5, 5.41) is 15.9. The number of carboxylic acids is 1. The summed E-state index contributed by atoms with van der Waals surface area (Å²) in [5.41, 5.74) is -1.07. The van der Waals surface area contributed by atoms with Gasteiger partial charge in [-0.05, 0) is 12.8 Å². The van der Waals surface area contributed by atoms with Gasteiger partial charge < -0.3 is 10.4 Å². The van der Waals surface area contributed by atoms with Crippen LogP contribution in [0.3, 0.4) is 0 Å². The van der Waals surface area contributed by atoms with E-state index in [9.17, 15) is 14.7 Å². The maximum Gasteiger partial charge on any atom is 0.310 e. The van der Waals surface area contributed by atoms with Gasteiger partial charge in [0.05, 0.1) is 11.6 Å². The Morgan fingerprint density at radius 3 is 2.65 bits per heavy atom. The topological polar surface area (TPSA) is 92.2 Å². The van der Waals surface area contributed by atoms with Gasteiger partial charge in [-0.3, -0.25) is 9.59 Å². The Morgan fingerprint density at radius 1 is 1.59 bits per heavy atom. The molecule has 0 aliphatic heterocycles. The van der Waals surface area contributed by atoms with Gasteiger partial charge in [0, 0.05) is 18.0 Å². The SMILES string of the molecule is CC(C)C(C)(CC(=O)Nc1cnns1)C(=O)O. The molecule has 17 heavy (non-hydrogen) atoms. The number of hydrogen-bond acceptors (Lipinski definition) is 5. The van der Waals surface area contributed by atoms with Crippen LogP contribution in [0.2, 0.25) is 0 Å². The van der Waals surface area contributed by atoms with Crippen molar-refractivity contribution in [2.75, 3.05) is 5.32 Å². The van der Waals surface area contributed by atoms with E-state index in [1.165, 1.54) is 6.20 Å². The van der Waals surface area contributed by atoms with E-state index in [4.69, 9.17) is 0 Å². The Labute approximate surface area is 103 Å². The number of carbonyl (C=O) groups is 2. The van der Waals surface area contributed by atoms with Gasteiger partial charge in [0.1, 0.15) is 5.00 Å². The molecular formula is C10H15N3O3S. The normalized spacial score (nSPS) is 14.4. The van der Waals surface area contributed by atoms with Crippen LogP contribution in [0.4, 0.5) is 5.00 Å². The summed E-state index contributed by atoms with van der Waals surface area (Å²) < 4.78 is 3.60. The van der Waals surface area contributed by atoms with Crippen LogP contribution in [0, 0.1) is 11.3 Å². The van der Waals surface area contributed by atoms with Crippen LogP contribution >= 0.6 is 11.5 Å². The van der Waals surface area contributed by atoms with E-state index < -0.39 is 11.4 Å². The van der Waals surface area contributed by atoms with E-state index in [0.717, 1.165) is 11.5 Å². The number of nitrogens with one attached hydrogen (secondary N) is 1. The van der Waals surface area contributed by atoms with Crippen LogP contribution in [-0.2, 0) is 9.59 Å². The molecule has 0 fully saturated rings. The molecule has 1 rings (SSSR count). The Bertz CT molecular complexity index is 405. The molecule has 0 saturated carbocycles. The molecule has 0 aliphatic carbocycles. The first-order valence-corrected chi connectivity index (χ1v) is 5.94. The quantitative estimate of drug-likeness (QED) is 0.836. The van der Waals surface area contributed by atoms with Crippen LogP contribution < -0.4 is 5.32 Å². The molecule has 0 aliphatic rings. The minimum absolute atomic E-state index is 0.0715. The first kappa shape index (κ1) is 13.6. The van der Waals surface area contributed by atoms with Crippen LogP contribution in [0.25, 0.3) is 0 Å². The molecular weight excluding hydrogens is 242 g/mol. The fourth-order valence-electron chi connectivity index (χ4n) is 1.26. The average molecular weight is 257 g/mol. The zero-order valence-corrected chi connectivity index (χ0v) is 10.7. The van der Waals surface area contributed by atoms with Crippen LogP contribution in [0.5, 0.6) is 0 Å². The first-order valence-electron chi connectivity index (χ1n) is 5.17. The van der Waals surface area contributed by atoms with E-state index in [2.05, 4.69) is 14.9 Å². The van der Waals surface area contributed by atoms with E-state index >= 15 is 0 Å². The third kappa shape index (κ3) is 3.23. The molecule has 0 radical (unpaired) electrons.